The van der Waals surface area contributed by atoms with Crippen LogP contribution < -0.4 is 5.73 Å². The average Bonchev–Trinajstić information content (AvgIpc) is 2.41. The first-order valence-corrected chi connectivity index (χ1v) is 7.24. The Morgan fingerprint density at radius 3 is 1.60 bits per heavy atom. The Morgan fingerprint density at radius 2 is 1.25 bits per heavy atom. The zero-order valence-electron chi connectivity index (χ0n) is 13.9. The third kappa shape index (κ3) is 3.36. The SMILES string of the molecule is CCC(C)[C@@H](O)[C@@H](N)c1c(C)c(C)c(C)c(C)c1C.Cl. The summed E-state index contributed by atoms with van der Waals surface area (Å²) in [5, 5.41) is 10.4. The molecule has 0 aromatic heterocycles. The van der Waals surface area contributed by atoms with Gasteiger partial charge < -0.3 is 10.8 Å². The molecular formula is C17H30ClNO. The lowest BCUT2D eigenvalue weighted by molar-refractivity contribution is 0.0875. The van der Waals surface area contributed by atoms with Gasteiger partial charge in [-0.25, -0.2) is 0 Å². The first-order valence-electron chi connectivity index (χ1n) is 7.24. The summed E-state index contributed by atoms with van der Waals surface area (Å²) >= 11 is 0. The molecule has 0 saturated heterocycles. The van der Waals surface area contributed by atoms with Gasteiger partial charge in [0.05, 0.1) is 12.1 Å². The summed E-state index contributed by atoms with van der Waals surface area (Å²) < 4.78 is 0. The van der Waals surface area contributed by atoms with Crippen LogP contribution in [0.15, 0.2) is 0 Å². The number of halogens is 1. The lowest BCUT2D eigenvalue weighted by Gasteiger charge is -2.29. The van der Waals surface area contributed by atoms with Gasteiger partial charge in [-0.3, -0.25) is 0 Å². The Labute approximate surface area is 130 Å². The number of nitrogens with two attached hydrogens (primary N) is 1. The fourth-order valence-corrected chi connectivity index (χ4v) is 2.80. The van der Waals surface area contributed by atoms with Crippen molar-refractivity contribution >= 4 is 12.4 Å². The van der Waals surface area contributed by atoms with Gasteiger partial charge in [-0.05, 0) is 73.9 Å². The molecule has 1 rings (SSSR count). The maximum Gasteiger partial charge on any atom is 0.0758 e. The average molecular weight is 300 g/mol. The third-order valence-electron chi connectivity index (χ3n) is 4.99. The molecule has 2 nitrogen and oxygen atoms in total. The van der Waals surface area contributed by atoms with Gasteiger partial charge in [-0.15, -0.1) is 12.4 Å². The molecule has 1 unspecified atom stereocenters. The minimum absolute atomic E-state index is 0. The first-order chi connectivity index (χ1) is 8.73. The summed E-state index contributed by atoms with van der Waals surface area (Å²) in [6, 6.07) is -0.298. The van der Waals surface area contributed by atoms with Gasteiger partial charge >= 0.3 is 0 Å². The molecule has 0 radical (unpaired) electrons. The largest absolute Gasteiger partial charge is 0.391 e. The topological polar surface area (TPSA) is 46.2 Å². The van der Waals surface area contributed by atoms with E-state index in [4.69, 9.17) is 5.73 Å². The standard InChI is InChI=1S/C17H29NO.ClH/c1-8-9(2)17(19)16(18)15-13(6)11(4)10(3)12(5)14(15)7;/h9,16-17,19H,8,18H2,1-7H3;1H/t9?,16-,17+;/m0./s1. The van der Waals surface area contributed by atoms with Crippen molar-refractivity contribution in [2.24, 2.45) is 11.7 Å². The lowest BCUT2D eigenvalue weighted by Crippen LogP contribution is -2.33. The maximum atomic E-state index is 10.4. The number of hydrogen-bond donors (Lipinski definition) is 2. The van der Waals surface area contributed by atoms with Crippen molar-refractivity contribution < 1.29 is 5.11 Å². The van der Waals surface area contributed by atoms with Crippen LogP contribution in [0.25, 0.3) is 0 Å². The predicted octanol–water partition coefficient (Wildman–Crippen LogP) is 4.06. The summed E-state index contributed by atoms with van der Waals surface area (Å²) in [4.78, 5) is 0. The van der Waals surface area contributed by atoms with E-state index in [9.17, 15) is 5.11 Å². The van der Waals surface area contributed by atoms with Crippen LogP contribution in [0.2, 0.25) is 0 Å². The summed E-state index contributed by atoms with van der Waals surface area (Å²) in [5.41, 5.74) is 13.9. The Morgan fingerprint density at radius 1 is 0.900 bits per heavy atom. The third-order valence-corrected chi connectivity index (χ3v) is 4.99. The summed E-state index contributed by atoms with van der Waals surface area (Å²) in [5.74, 6) is 0.218. The maximum absolute atomic E-state index is 10.4. The molecule has 3 atom stereocenters. The fourth-order valence-electron chi connectivity index (χ4n) is 2.80. The zero-order valence-corrected chi connectivity index (χ0v) is 14.7. The molecule has 0 aliphatic heterocycles. The lowest BCUT2D eigenvalue weighted by atomic mass is 9.82. The number of aliphatic hydroxyl groups excluding tert-OH is 1. The molecule has 0 fully saturated rings. The van der Waals surface area contributed by atoms with E-state index < -0.39 is 6.10 Å². The molecule has 116 valence electrons. The van der Waals surface area contributed by atoms with Gasteiger partial charge in [0.1, 0.15) is 0 Å². The highest BCUT2D eigenvalue weighted by Crippen LogP contribution is 2.32. The minimum Gasteiger partial charge on any atom is -0.391 e. The molecule has 1 aromatic carbocycles. The van der Waals surface area contributed by atoms with E-state index in [2.05, 4.69) is 48.5 Å². The van der Waals surface area contributed by atoms with Crippen LogP contribution in [0.5, 0.6) is 0 Å². The van der Waals surface area contributed by atoms with E-state index in [1.54, 1.807) is 0 Å². The van der Waals surface area contributed by atoms with Gasteiger partial charge in [0.25, 0.3) is 0 Å². The van der Waals surface area contributed by atoms with Crippen molar-refractivity contribution in [2.45, 2.75) is 67.0 Å². The highest BCUT2D eigenvalue weighted by atomic mass is 35.5. The second kappa shape index (κ2) is 7.44. The van der Waals surface area contributed by atoms with Crippen LogP contribution in [0, 0.1) is 40.5 Å². The van der Waals surface area contributed by atoms with Gasteiger partial charge in [0.15, 0.2) is 0 Å². The van der Waals surface area contributed by atoms with Crippen molar-refractivity contribution in [2.75, 3.05) is 0 Å². The second-order valence-corrected chi connectivity index (χ2v) is 5.94. The monoisotopic (exact) mass is 299 g/mol. The van der Waals surface area contributed by atoms with E-state index in [-0.39, 0.29) is 24.4 Å². The molecule has 0 aliphatic carbocycles. The Bertz CT molecular complexity index is 442. The summed E-state index contributed by atoms with van der Waals surface area (Å²) in [6.07, 6.45) is 0.459. The number of benzene rings is 1. The van der Waals surface area contributed by atoms with Crippen molar-refractivity contribution in [1.82, 2.24) is 0 Å². The molecule has 0 aliphatic rings. The summed E-state index contributed by atoms with van der Waals surface area (Å²) in [6.45, 7) is 14.8. The number of hydrogen-bond acceptors (Lipinski definition) is 2. The van der Waals surface area contributed by atoms with Gasteiger partial charge in [-0.1, -0.05) is 20.3 Å². The van der Waals surface area contributed by atoms with Crippen molar-refractivity contribution in [3.8, 4) is 0 Å². The molecule has 3 N–H and O–H groups in total. The van der Waals surface area contributed by atoms with Crippen molar-refractivity contribution in [3.63, 3.8) is 0 Å². The van der Waals surface area contributed by atoms with Crippen LogP contribution in [0.4, 0.5) is 0 Å². The van der Waals surface area contributed by atoms with Gasteiger partial charge in [-0.2, -0.15) is 0 Å². The van der Waals surface area contributed by atoms with Crippen LogP contribution in [0.3, 0.4) is 0 Å². The Kier molecular flexibility index (Phi) is 7.23. The summed E-state index contributed by atoms with van der Waals surface area (Å²) in [7, 11) is 0. The molecule has 1 aromatic rings. The number of rotatable bonds is 4. The molecule has 0 heterocycles. The first kappa shape index (κ1) is 19.4. The molecule has 20 heavy (non-hydrogen) atoms. The minimum atomic E-state index is -0.482. The Hall–Kier alpha value is -0.570. The van der Waals surface area contributed by atoms with E-state index in [0.717, 1.165) is 12.0 Å². The molecule has 0 bridgehead atoms. The Balaban J connectivity index is 0.00000361. The zero-order chi connectivity index (χ0) is 14.9. The van der Waals surface area contributed by atoms with E-state index in [1.165, 1.54) is 27.8 Å². The van der Waals surface area contributed by atoms with Crippen LogP contribution in [-0.2, 0) is 0 Å². The second-order valence-electron chi connectivity index (χ2n) is 5.94. The molecular weight excluding hydrogens is 270 g/mol. The van der Waals surface area contributed by atoms with E-state index in [0.29, 0.717) is 0 Å². The highest BCUT2D eigenvalue weighted by molar-refractivity contribution is 5.85. The molecule has 0 saturated carbocycles. The van der Waals surface area contributed by atoms with E-state index in [1.807, 2.05) is 0 Å². The van der Waals surface area contributed by atoms with Gasteiger partial charge in [0.2, 0.25) is 0 Å². The molecule has 3 heteroatoms. The van der Waals surface area contributed by atoms with Crippen LogP contribution in [0.1, 0.15) is 59.7 Å². The van der Waals surface area contributed by atoms with Crippen molar-refractivity contribution in [3.05, 3.63) is 33.4 Å². The smallest absolute Gasteiger partial charge is 0.0758 e. The highest BCUT2D eigenvalue weighted by Gasteiger charge is 2.26. The quantitative estimate of drug-likeness (QED) is 0.881. The predicted molar refractivity (Wildman–Crippen MR) is 89.8 cm³/mol. The molecule has 0 spiro atoms. The van der Waals surface area contributed by atoms with Gasteiger partial charge in [0, 0.05) is 0 Å². The van der Waals surface area contributed by atoms with Crippen molar-refractivity contribution in [1.29, 1.82) is 0 Å². The van der Waals surface area contributed by atoms with Crippen LogP contribution >= 0.6 is 12.4 Å². The normalized spacial score (nSPS) is 15.4. The number of aliphatic hydroxyl groups is 1. The van der Waals surface area contributed by atoms with Crippen LogP contribution in [-0.4, -0.2) is 11.2 Å². The van der Waals surface area contributed by atoms with E-state index >= 15 is 0 Å². The fraction of sp³-hybridized carbons (Fsp3) is 0.647. The molecule has 0 amide bonds.